The highest BCUT2D eigenvalue weighted by Gasteiger charge is 2.15. The van der Waals surface area contributed by atoms with Crippen molar-refractivity contribution in [1.82, 2.24) is 0 Å². The maximum Gasteiger partial charge on any atom is -0.0147 e. The molecule has 0 heterocycles. The van der Waals surface area contributed by atoms with Crippen LogP contribution >= 0.6 is 0 Å². The fraction of sp³-hybridized carbons (Fsp3) is 0.250. The van der Waals surface area contributed by atoms with E-state index in [-0.39, 0.29) is 0 Å². The Hall–Kier alpha value is -1.56. The molecule has 0 aliphatic heterocycles. The summed E-state index contributed by atoms with van der Waals surface area (Å²) in [6, 6.07) is 13.3. The summed E-state index contributed by atoms with van der Waals surface area (Å²) in [5, 5.41) is 2.71. The van der Waals surface area contributed by atoms with Gasteiger partial charge >= 0.3 is 0 Å². The second kappa shape index (κ2) is 3.48. The highest BCUT2D eigenvalue weighted by Crippen LogP contribution is 2.35. The summed E-state index contributed by atoms with van der Waals surface area (Å²) < 4.78 is 0. The molecule has 0 heteroatoms. The lowest BCUT2D eigenvalue weighted by Crippen LogP contribution is -2.02. The normalized spacial score (nSPS) is 19.4. The minimum Gasteiger partial charge on any atom is -0.0721 e. The Morgan fingerprint density at radius 1 is 1.06 bits per heavy atom. The Morgan fingerprint density at radius 3 is 2.50 bits per heavy atom. The van der Waals surface area contributed by atoms with Gasteiger partial charge in [-0.05, 0) is 47.2 Å². The molecule has 16 heavy (non-hydrogen) atoms. The summed E-state index contributed by atoms with van der Waals surface area (Å²) in [5.41, 5.74) is 4.41. The first kappa shape index (κ1) is 9.65. The molecule has 1 atom stereocenters. The number of hydrogen-bond acceptors (Lipinski definition) is 0. The molecule has 0 aromatic heterocycles. The summed E-state index contributed by atoms with van der Waals surface area (Å²) in [6.45, 7) is 4.55. The second-order valence-electron chi connectivity index (χ2n) is 4.92. The first-order valence-electron chi connectivity index (χ1n) is 5.94. The molecule has 0 saturated heterocycles. The molecule has 1 aliphatic carbocycles. The number of rotatable bonds is 0. The van der Waals surface area contributed by atoms with Crippen molar-refractivity contribution in [3.63, 3.8) is 0 Å². The van der Waals surface area contributed by atoms with Crippen LogP contribution in [-0.2, 0) is 0 Å². The predicted molar refractivity (Wildman–Crippen MR) is 70.6 cm³/mol. The van der Waals surface area contributed by atoms with E-state index in [0.717, 1.165) is 0 Å². The molecule has 0 saturated carbocycles. The van der Waals surface area contributed by atoms with Gasteiger partial charge in [-0.15, -0.1) is 0 Å². The van der Waals surface area contributed by atoms with Crippen LogP contribution in [0.2, 0.25) is 0 Å². The number of fused-ring (bicyclic) bond motifs is 2. The SMILES string of the molecule is CC1=Cc2cc3ccccc3cc2C(C)C1. The van der Waals surface area contributed by atoms with E-state index in [1.807, 2.05) is 0 Å². The predicted octanol–water partition coefficient (Wildman–Crippen LogP) is 4.75. The van der Waals surface area contributed by atoms with Crippen molar-refractivity contribution in [2.75, 3.05) is 0 Å². The number of allylic oxidation sites excluding steroid dienone is 1. The number of hydrogen-bond donors (Lipinski definition) is 0. The lowest BCUT2D eigenvalue weighted by atomic mass is 9.83. The van der Waals surface area contributed by atoms with Gasteiger partial charge in [0.2, 0.25) is 0 Å². The van der Waals surface area contributed by atoms with Gasteiger partial charge < -0.3 is 0 Å². The maximum absolute atomic E-state index is 2.36. The Kier molecular flexibility index (Phi) is 2.10. The third kappa shape index (κ3) is 1.46. The second-order valence-corrected chi connectivity index (χ2v) is 4.92. The van der Waals surface area contributed by atoms with E-state index in [0.29, 0.717) is 5.92 Å². The fourth-order valence-corrected chi connectivity index (χ4v) is 2.74. The minimum atomic E-state index is 0.657. The van der Waals surface area contributed by atoms with Crippen LogP contribution in [-0.4, -0.2) is 0 Å². The zero-order valence-corrected chi connectivity index (χ0v) is 9.83. The van der Waals surface area contributed by atoms with E-state index >= 15 is 0 Å². The van der Waals surface area contributed by atoms with Crippen molar-refractivity contribution in [3.8, 4) is 0 Å². The smallest absolute Gasteiger partial charge is 0.0147 e. The van der Waals surface area contributed by atoms with E-state index in [4.69, 9.17) is 0 Å². The lowest BCUT2D eigenvalue weighted by Gasteiger charge is -2.21. The standard InChI is InChI=1S/C16H16/c1-11-7-12(2)16-10-14-6-4-3-5-13(14)9-15(16)8-11/h3-6,8-10,12H,7H2,1-2H3. The van der Waals surface area contributed by atoms with Gasteiger partial charge in [-0.1, -0.05) is 48.9 Å². The van der Waals surface area contributed by atoms with E-state index in [9.17, 15) is 0 Å². The van der Waals surface area contributed by atoms with E-state index < -0.39 is 0 Å². The monoisotopic (exact) mass is 208 g/mol. The van der Waals surface area contributed by atoms with Crippen molar-refractivity contribution >= 4 is 16.8 Å². The van der Waals surface area contributed by atoms with Crippen LogP contribution in [0, 0.1) is 0 Å². The van der Waals surface area contributed by atoms with Gasteiger partial charge in [-0.3, -0.25) is 0 Å². The first-order valence-corrected chi connectivity index (χ1v) is 5.94. The van der Waals surface area contributed by atoms with Gasteiger partial charge in [0.25, 0.3) is 0 Å². The molecular formula is C16H16. The molecule has 2 aromatic carbocycles. The molecule has 0 N–H and O–H groups in total. The van der Waals surface area contributed by atoms with Crippen molar-refractivity contribution < 1.29 is 0 Å². The van der Waals surface area contributed by atoms with Gasteiger partial charge in [0.15, 0.2) is 0 Å². The molecule has 1 unspecified atom stereocenters. The number of benzene rings is 2. The quantitative estimate of drug-likeness (QED) is 0.586. The van der Waals surface area contributed by atoms with E-state index in [1.165, 1.54) is 33.9 Å². The van der Waals surface area contributed by atoms with Crippen molar-refractivity contribution in [2.45, 2.75) is 26.2 Å². The molecule has 0 spiro atoms. The maximum atomic E-state index is 2.36. The molecule has 0 radical (unpaired) electrons. The van der Waals surface area contributed by atoms with E-state index in [1.54, 1.807) is 0 Å². The van der Waals surface area contributed by atoms with Crippen LogP contribution in [0.5, 0.6) is 0 Å². The topological polar surface area (TPSA) is 0 Å². The van der Waals surface area contributed by atoms with Crippen LogP contribution in [0.4, 0.5) is 0 Å². The van der Waals surface area contributed by atoms with Gasteiger partial charge in [-0.25, -0.2) is 0 Å². The molecule has 3 rings (SSSR count). The molecule has 1 aliphatic rings. The largest absolute Gasteiger partial charge is 0.0721 e. The highest BCUT2D eigenvalue weighted by atomic mass is 14.2. The Balaban J connectivity index is 2.31. The Labute approximate surface area is 96.6 Å². The van der Waals surface area contributed by atoms with Crippen molar-refractivity contribution in [3.05, 3.63) is 53.1 Å². The summed E-state index contributed by atoms with van der Waals surface area (Å²) in [4.78, 5) is 0. The summed E-state index contributed by atoms with van der Waals surface area (Å²) in [7, 11) is 0. The van der Waals surface area contributed by atoms with Crippen LogP contribution in [0.15, 0.2) is 42.0 Å². The first-order chi connectivity index (χ1) is 7.74. The minimum absolute atomic E-state index is 0.657. The highest BCUT2D eigenvalue weighted by molar-refractivity contribution is 5.86. The van der Waals surface area contributed by atoms with Crippen LogP contribution in [0.1, 0.15) is 37.3 Å². The fourth-order valence-electron chi connectivity index (χ4n) is 2.74. The average Bonchev–Trinajstić information content (AvgIpc) is 2.27. The van der Waals surface area contributed by atoms with Crippen LogP contribution in [0.3, 0.4) is 0 Å². The average molecular weight is 208 g/mol. The molecular weight excluding hydrogens is 192 g/mol. The Morgan fingerprint density at radius 2 is 1.75 bits per heavy atom. The van der Waals surface area contributed by atoms with Crippen molar-refractivity contribution in [1.29, 1.82) is 0 Å². The Bertz CT molecular complexity index is 576. The zero-order valence-electron chi connectivity index (χ0n) is 9.83. The third-order valence-electron chi connectivity index (χ3n) is 3.51. The van der Waals surface area contributed by atoms with Crippen LogP contribution < -0.4 is 0 Å². The molecule has 0 nitrogen and oxygen atoms in total. The summed E-state index contributed by atoms with van der Waals surface area (Å²) in [5.74, 6) is 0.657. The lowest BCUT2D eigenvalue weighted by molar-refractivity contribution is 0.743. The molecule has 0 fully saturated rings. The molecule has 80 valence electrons. The van der Waals surface area contributed by atoms with E-state index in [2.05, 4.69) is 56.3 Å². The van der Waals surface area contributed by atoms with Crippen molar-refractivity contribution in [2.24, 2.45) is 0 Å². The van der Waals surface area contributed by atoms with Gasteiger partial charge in [-0.2, -0.15) is 0 Å². The molecule has 0 amide bonds. The molecule has 2 aromatic rings. The van der Waals surface area contributed by atoms with Gasteiger partial charge in [0, 0.05) is 0 Å². The zero-order chi connectivity index (χ0) is 11.1. The summed E-state index contributed by atoms with van der Waals surface area (Å²) >= 11 is 0. The van der Waals surface area contributed by atoms with Gasteiger partial charge in [0.05, 0.1) is 0 Å². The third-order valence-corrected chi connectivity index (χ3v) is 3.51. The van der Waals surface area contributed by atoms with Gasteiger partial charge in [0.1, 0.15) is 0 Å². The molecule has 0 bridgehead atoms. The summed E-state index contributed by atoms with van der Waals surface area (Å²) in [6.07, 6.45) is 3.53. The van der Waals surface area contributed by atoms with Crippen LogP contribution in [0.25, 0.3) is 16.8 Å².